The Morgan fingerprint density at radius 2 is 2.05 bits per heavy atom. The van der Waals surface area contributed by atoms with E-state index in [1.807, 2.05) is 17.8 Å². The maximum atomic E-state index is 11.2. The summed E-state index contributed by atoms with van der Waals surface area (Å²) in [7, 11) is 1.38. The van der Waals surface area contributed by atoms with Crippen molar-refractivity contribution < 1.29 is 19.4 Å². The number of aromatic nitrogens is 2. The molecule has 0 aliphatic heterocycles. The fraction of sp³-hybridized carbons (Fsp3) is 0.667. The van der Waals surface area contributed by atoms with Gasteiger partial charge < -0.3 is 9.84 Å². The molecule has 0 radical (unpaired) electrons. The van der Waals surface area contributed by atoms with Crippen molar-refractivity contribution in [1.82, 2.24) is 9.78 Å². The van der Waals surface area contributed by atoms with Crippen LogP contribution in [0.25, 0.3) is 0 Å². The Morgan fingerprint density at radius 3 is 2.62 bits per heavy atom. The van der Waals surface area contributed by atoms with Crippen LogP contribution in [-0.4, -0.2) is 33.9 Å². The van der Waals surface area contributed by atoms with Gasteiger partial charge in [-0.2, -0.15) is 5.10 Å². The number of carboxylic acids is 1. The molecular weight excluding hydrogens is 272 g/mol. The average Bonchev–Trinajstić information content (AvgIpc) is 2.86. The van der Waals surface area contributed by atoms with E-state index in [1.165, 1.54) is 12.7 Å². The quantitative estimate of drug-likeness (QED) is 0.841. The van der Waals surface area contributed by atoms with Crippen molar-refractivity contribution in [3.63, 3.8) is 0 Å². The minimum atomic E-state index is -0.682. The number of esters is 1. The van der Waals surface area contributed by atoms with Crippen LogP contribution < -0.4 is 0 Å². The van der Waals surface area contributed by atoms with E-state index in [0.717, 1.165) is 31.4 Å². The first-order chi connectivity index (χ1) is 10.0. The van der Waals surface area contributed by atoms with Crippen LogP contribution in [0, 0.1) is 12.8 Å². The molecule has 116 valence electrons. The van der Waals surface area contributed by atoms with Crippen LogP contribution in [0.15, 0.2) is 6.20 Å². The van der Waals surface area contributed by atoms with E-state index in [0.29, 0.717) is 18.9 Å². The van der Waals surface area contributed by atoms with E-state index in [9.17, 15) is 9.59 Å². The summed E-state index contributed by atoms with van der Waals surface area (Å²) in [6.07, 6.45) is 5.41. The first kappa shape index (κ1) is 15.5. The third-order valence-electron chi connectivity index (χ3n) is 4.41. The summed E-state index contributed by atoms with van der Waals surface area (Å²) in [6.45, 7) is 2.52. The molecular formula is C15H22N2O4. The van der Waals surface area contributed by atoms with Crippen LogP contribution in [0.5, 0.6) is 0 Å². The zero-order valence-electron chi connectivity index (χ0n) is 12.5. The summed E-state index contributed by atoms with van der Waals surface area (Å²) >= 11 is 0. The predicted molar refractivity (Wildman–Crippen MR) is 75.9 cm³/mol. The Bertz CT molecular complexity index is 516. The topological polar surface area (TPSA) is 81.4 Å². The van der Waals surface area contributed by atoms with E-state index in [1.54, 1.807) is 0 Å². The van der Waals surface area contributed by atoms with Gasteiger partial charge in [-0.3, -0.25) is 14.3 Å². The van der Waals surface area contributed by atoms with Gasteiger partial charge in [0.2, 0.25) is 0 Å². The molecule has 1 fully saturated rings. The molecule has 0 spiro atoms. The van der Waals surface area contributed by atoms with Crippen LogP contribution in [-0.2, 0) is 20.9 Å². The normalized spacial score (nSPS) is 22.0. The van der Waals surface area contributed by atoms with E-state index < -0.39 is 5.97 Å². The number of carboxylic acid groups (broad SMARTS) is 1. The molecule has 1 aliphatic rings. The second-order valence-electron chi connectivity index (χ2n) is 5.62. The molecule has 1 aromatic rings. The molecule has 0 atom stereocenters. The van der Waals surface area contributed by atoms with Crippen molar-refractivity contribution in [2.75, 3.05) is 7.11 Å². The predicted octanol–water partition coefficient (Wildman–Crippen LogP) is 2.11. The van der Waals surface area contributed by atoms with Crippen LogP contribution in [0.4, 0.5) is 0 Å². The molecule has 1 aromatic heterocycles. The highest BCUT2D eigenvalue weighted by molar-refractivity contribution is 5.70. The van der Waals surface area contributed by atoms with Crippen molar-refractivity contribution in [1.29, 1.82) is 0 Å². The Morgan fingerprint density at radius 1 is 1.38 bits per heavy atom. The minimum absolute atomic E-state index is 0.198. The second-order valence-corrected chi connectivity index (χ2v) is 5.62. The fourth-order valence-corrected chi connectivity index (χ4v) is 3.04. The molecule has 2 rings (SSSR count). The molecule has 0 bridgehead atoms. The molecule has 0 saturated heterocycles. The first-order valence-corrected chi connectivity index (χ1v) is 7.34. The van der Waals surface area contributed by atoms with Gasteiger partial charge in [0.1, 0.15) is 0 Å². The summed E-state index contributed by atoms with van der Waals surface area (Å²) in [5, 5.41) is 13.4. The number of rotatable bonds is 5. The first-order valence-electron chi connectivity index (χ1n) is 7.34. The monoisotopic (exact) mass is 294 g/mol. The Hall–Kier alpha value is -1.85. The second kappa shape index (κ2) is 6.74. The van der Waals surface area contributed by atoms with Crippen LogP contribution in [0.3, 0.4) is 0 Å². The summed E-state index contributed by atoms with van der Waals surface area (Å²) in [4.78, 5) is 22.2. The summed E-state index contributed by atoms with van der Waals surface area (Å²) in [5.74, 6) is -0.740. The van der Waals surface area contributed by atoms with Gasteiger partial charge in [-0.25, -0.2) is 0 Å². The molecule has 1 heterocycles. The van der Waals surface area contributed by atoms with Crippen molar-refractivity contribution in [2.24, 2.45) is 5.92 Å². The zero-order valence-corrected chi connectivity index (χ0v) is 12.5. The van der Waals surface area contributed by atoms with E-state index in [2.05, 4.69) is 9.84 Å². The smallest absolute Gasteiger partial charge is 0.307 e. The van der Waals surface area contributed by atoms with Gasteiger partial charge in [0.15, 0.2) is 0 Å². The highest BCUT2D eigenvalue weighted by Gasteiger charge is 2.28. The van der Waals surface area contributed by atoms with E-state index in [4.69, 9.17) is 5.11 Å². The highest BCUT2D eigenvalue weighted by atomic mass is 16.5. The number of ether oxygens (including phenoxy) is 1. The summed E-state index contributed by atoms with van der Waals surface area (Å²) in [5.41, 5.74) is 2.25. The number of carbonyl (C=O) groups is 2. The molecule has 21 heavy (non-hydrogen) atoms. The fourth-order valence-electron chi connectivity index (χ4n) is 3.04. The lowest BCUT2D eigenvalue weighted by molar-refractivity contribution is -0.143. The van der Waals surface area contributed by atoms with Gasteiger partial charge in [-0.15, -0.1) is 0 Å². The lowest BCUT2D eigenvalue weighted by atomic mass is 9.79. The molecule has 0 amide bonds. The lowest BCUT2D eigenvalue weighted by Crippen LogP contribution is -2.20. The summed E-state index contributed by atoms with van der Waals surface area (Å²) < 4.78 is 6.46. The molecule has 1 saturated carbocycles. The molecule has 1 aliphatic carbocycles. The average molecular weight is 294 g/mol. The van der Waals surface area contributed by atoms with Gasteiger partial charge in [0.25, 0.3) is 0 Å². The van der Waals surface area contributed by atoms with Crippen LogP contribution in [0.2, 0.25) is 0 Å². The largest absolute Gasteiger partial charge is 0.481 e. The Labute approximate surface area is 124 Å². The van der Waals surface area contributed by atoms with Crippen molar-refractivity contribution in [3.8, 4) is 0 Å². The van der Waals surface area contributed by atoms with Gasteiger partial charge in [0.05, 0.1) is 32.2 Å². The number of methoxy groups -OCH3 is 1. The number of hydrogen-bond acceptors (Lipinski definition) is 4. The van der Waals surface area contributed by atoms with Crippen molar-refractivity contribution in [3.05, 3.63) is 17.5 Å². The number of hydrogen-bond donors (Lipinski definition) is 1. The standard InChI is InChI=1S/C15H22N2O4/c1-10-13(9-16-17(10)8-7-14(18)21-2)11-3-5-12(6-4-11)15(19)20/h9,11-12H,3-8H2,1-2H3,(H,19,20). The maximum Gasteiger partial charge on any atom is 0.307 e. The van der Waals surface area contributed by atoms with Crippen molar-refractivity contribution >= 4 is 11.9 Å². The van der Waals surface area contributed by atoms with E-state index in [-0.39, 0.29) is 11.9 Å². The van der Waals surface area contributed by atoms with Gasteiger partial charge in [0, 0.05) is 5.69 Å². The zero-order chi connectivity index (χ0) is 15.4. The van der Waals surface area contributed by atoms with E-state index >= 15 is 0 Å². The van der Waals surface area contributed by atoms with Crippen LogP contribution in [0.1, 0.15) is 49.3 Å². The number of nitrogens with zero attached hydrogens (tertiary/aromatic N) is 2. The van der Waals surface area contributed by atoms with Gasteiger partial charge >= 0.3 is 11.9 Å². The Balaban J connectivity index is 1.97. The van der Waals surface area contributed by atoms with Crippen molar-refractivity contribution in [2.45, 2.75) is 51.5 Å². The third kappa shape index (κ3) is 3.62. The lowest BCUT2D eigenvalue weighted by Gasteiger charge is -2.26. The van der Waals surface area contributed by atoms with Gasteiger partial charge in [-0.1, -0.05) is 0 Å². The number of carbonyl (C=O) groups excluding carboxylic acids is 1. The summed E-state index contributed by atoms with van der Waals surface area (Å²) in [6, 6.07) is 0. The molecule has 0 unspecified atom stereocenters. The third-order valence-corrected chi connectivity index (χ3v) is 4.41. The molecule has 6 nitrogen and oxygen atoms in total. The Kier molecular flexibility index (Phi) is 4.98. The molecule has 1 N–H and O–H groups in total. The van der Waals surface area contributed by atoms with Gasteiger partial charge in [-0.05, 0) is 44.1 Å². The number of aryl methyl sites for hydroxylation is 1. The van der Waals surface area contributed by atoms with Crippen LogP contribution >= 0.6 is 0 Å². The number of aliphatic carboxylic acids is 1. The SMILES string of the molecule is COC(=O)CCn1ncc(C2CCC(C(=O)O)CC2)c1C. The highest BCUT2D eigenvalue weighted by Crippen LogP contribution is 2.37. The minimum Gasteiger partial charge on any atom is -0.481 e. The maximum absolute atomic E-state index is 11.2. The molecule has 0 aromatic carbocycles. The molecule has 6 heteroatoms.